The first-order valence-corrected chi connectivity index (χ1v) is 16.8. The molecule has 5 aliphatic rings. The van der Waals surface area contributed by atoms with Crippen LogP contribution in [0.25, 0.3) is 22.0 Å². The van der Waals surface area contributed by atoms with Gasteiger partial charge in [-0.25, -0.2) is 5.01 Å². The van der Waals surface area contributed by atoms with E-state index < -0.39 is 0 Å². The van der Waals surface area contributed by atoms with Gasteiger partial charge in [-0.1, -0.05) is 74.3 Å². The van der Waals surface area contributed by atoms with E-state index in [1.165, 1.54) is 19.3 Å². The molecule has 9 rings (SSSR count). The van der Waals surface area contributed by atoms with Crippen LogP contribution in [0.5, 0.6) is 0 Å². The highest BCUT2D eigenvalue weighted by atomic mass is 79.9. The van der Waals surface area contributed by atoms with Crippen LogP contribution in [-0.2, 0) is 4.79 Å². The third kappa shape index (κ3) is 4.40. The van der Waals surface area contributed by atoms with Gasteiger partial charge in [0.1, 0.15) is 0 Å². The molecule has 0 saturated heterocycles. The van der Waals surface area contributed by atoms with Crippen molar-refractivity contribution in [3.63, 3.8) is 0 Å². The van der Waals surface area contributed by atoms with Crippen LogP contribution in [0.15, 0.2) is 86.8 Å². The predicted molar refractivity (Wildman–Crippen MR) is 175 cm³/mol. The predicted octanol–water partition coefficient (Wildman–Crippen LogP) is 9.63. The second kappa shape index (κ2) is 10.1. The maximum atomic E-state index is 14.8. The maximum Gasteiger partial charge on any atom is 0.249 e. The molecule has 212 valence electrons. The van der Waals surface area contributed by atoms with E-state index in [0.717, 1.165) is 72.8 Å². The normalized spacial score (nSPS) is 28.0. The van der Waals surface area contributed by atoms with E-state index in [1.54, 1.807) is 0 Å². The van der Waals surface area contributed by atoms with Crippen LogP contribution < -0.4 is 0 Å². The van der Waals surface area contributed by atoms with Crippen LogP contribution in [0.4, 0.5) is 0 Å². The number of fused-ring (bicyclic) bond motifs is 1. The molecule has 1 unspecified atom stereocenters. The summed E-state index contributed by atoms with van der Waals surface area (Å²) in [5.41, 5.74) is 7.05. The summed E-state index contributed by atoms with van der Waals surface area (Å²) in [5.74, 6) is 2.35. The highest BCUT2D eigenvalue weighted by molar-refractivity contribution is 9.10. The molecule has 4 saturated carbocycles. The molecule has 4 nitrogen and oxygen atoms in total. The van der Waals surface area contributed by atoms with Gasteiger partial charge in [-0.3, -0.25) is 9.78 Å². The molecule has 4 bridgehead atoms. The molecule has 4 aromatic rings. The number of hydrogen-bond donors (Lipinski definition) is 0. The highest BCUT2D eigenvalue weighted by Crippen LogP contribution is 2.61. The Kier molecular flexibility index (Phi) is 6.45. The number of pyridine rings is 1. The van der Waals surface area contributed by atoms with Gasteiger partial charge in [-0.2, -0.15) is 5.10 Å². The molecule has 0 radical (unpaired) electrons. The van der Waals surface area contributed by atoms with Crippen molar-refractivity contribution in [1.82, 2.24) is 9.99 Å². The Morgan fingerprint density at radius 1 is 0.833 bits per heavy atom. The summed E-state index contributed by atoms with van der Waals surface area (Å²) >= 11 is 7.31. The molecule has 1 amide bonds. The molecular weight excluding hydrogens is 650 g/mol. The number of aryl methyl sites for hydroxylation is 1. The lowest BCUT2D eigenvalue weighted by Gasteiger charge is -2.56. The van der Waals surface area contributed by atoms with Gasteiger partial charge in [0, 0.05) is 37.6 Å². The van der Waals surface area contributed by atoms with Crippen LogP contribution in [0.2, 0.25) is 0 Å². The number of rotatable bonds is 4. The number of hydrazone groups is 1. The van der Waals surface area contributed by atoms with E-state index in [2.05, 4.69) is 106 Å². The number of carbonyl (C=O) groups excluding carboxylic acids is 1. The van der Waals surface area contributed by atoms with Gasteiger partial charge in [-0.15, -0.1) is 0 Å². The van der Waals surface area contributed by atoms with Gasteiger partial charge >= 0.3 is 0 Å². The van der Waals surface area contributed by atoms with Gasteiger partial charge in [-0.05, 0) is 105 Å². The Balaban J connectivity index is 1.30. The SMILES string of the molecule is Cc1nc2ccc(Br)cc2c(-c2ccccc2)c1C1=NN(C(=O)C23CC4CC(CC(C4)C2)C3)C(c2ccc(Br)cc2)C1. The molecule has 1 aliphatic heterocycles. The average molecular weight is 683 g/mol. The summed E-state index contributed by atoms with van der Waals surface area (Å²) < 4.78 is 2.05. The standard InChI is InChI=1S/C36H33Br2N3O/c1-21-33(34(26-5-3-2-4-6-26)29-16-28(38)11-12-30(29)39-21)31-17-32(25-7-9-27(37)10-8-25)41(40-31)35(42)36-18-22-13-23(19-36)15-24(14-22)20-36/h2-12,16,22-24,32H,13-15,17-20H2,1H3. The molecule has 0 N–H and O–H groups in total. The summed E-state index contributed by atoms with van der Waals surface area (Å²) in [5, 5.41) is 8.30. The highest BCUT2D eigenvalue weighted by Gasteiger charge is 2.57. The van der Waals surface area contributed by atoms with Gasteiger partial charge < -0.3 is 0 Å². The molecule has 6 heteroatoms. The Bertz CT molecular complexity index is 1710. The molecule has 0 spiro atoms. The zero-order chi connectivity index (χ0) is 28.6. The van der Waals surface area contributed by atoms with Crippen molar-refractivity contribution in [2.24, 2.45) is 28.3 Å². The number of benzene rings is 3. The second-order valence-electron chi connectivity index (χ2n) is 13.1. The Labute approximate surface area is 263 Å². The van der Waals surface area contributed by atoms with Crippen LogP contribution in [0.3, 0.4) is 0 Å². The fourth-order valence-corrected chi connectivity index (χ4v) is 9.65. The molecule has 4 aliphatic carbocycles. The average Bonchev–Trinajstić information content (AvgIpc) is 3.41. The third-order valence-corrected chi connectivity index (χ3v) is 11.4. The van der Waals surface area contributed by atoms with Gasteiger partial charge in [0.2, 0.25) is 5.91 Å². The number of halogens is 2. The molecule has 2 heterocycles. The monoisotopic (exact) mass is 681 g/mol. The number of nitrogens with zero attached hydrogens (tertiary/aromatic N) is 3. The van der Waals surface area contributed by atoms with Crippen LogP contribution >= 0.6 is 31.9 Å². The smallest absolute Gasteiger partial charge is 0.249 e. The first-order valence-electron chi connectivity index (χ1n) is 15.2. The van der Waals surface area contributed by atoms with Crippen molar-refractivity contribution in [2.45, 2.75) is 57.9 Å². The fraction of sp³-hybridized carbons (Fsp3) is 0.361. The number of aromatic nitrogens is 1. The zero-order valence-electron chi connectivity index (χ0n) is 23.7. The molecular formula is C36H33Br2N3O. The molecule has 42 heavy (non-hydrogen) atoms. The summed E-state index contributed by atoms with van der Waals surface area (Å²) in [7, 11) is 0. The summed E-state index contributed by atoms with van der Waals surface area (Å²) in [6.45, 7) is 2.09. The summed E-state index contributed by atoms with van der Waals surface area (Å²) in [6.07, 6.45) is 7.71. The van der Waals surface area contributed by atoms with Crippen molar-refractivity contribution in [1.29, 1.82) is 0 Å². The van der Waals surface area contributed by atoms with Crippen LogP contribution in [0, 0.1) is 30.1 Å². The van der Waals surface area contributed by atoms with Crippen molar-refractivity contribution < 1.29 is 4.79 Å². The third-order valence-electron chi connectivity index (χ3n) is 10.3. The quantitative estimate of drug-likeness (QED) is 0.215. The Morgan fingerprint density at radius 2 is 1.48 bits per heavy atom. The topological polar surface area (TPSA) is 45.6 Å². The first-order chi connectivity index (χ1) is 20.4. The van der Waals surface area contributed by atoms with Gasteiger partial charge in [0.05, 0.1) is 22.7 Å². The van der Waals surface area contributed by atoms with Gasteiger partial charge in [0.25, 0.3) is 0 Å². The van der Waals surface area contributed by atoms with Crippen molar-refractivity contribution in [3.05, 3.63) is 98.6 Å². The number of carbonyl (C=O) groups is 1. The lowest BCUT2D eigenvalue weighted by molar-refractivity contribution is -0.159. The summed E-state index contributed by atoms with van der Waals surface area (Å²) in [4.78, 5) is 19.9. The fourth-order valence-electron chi connectivity index (χ4n) is 9.02. The minimum Gasteiger partial charge on any atom is -0.272 e. The number of hydrogen-bond acceptors (Lipinski definition) is 3. The van der Waals surface area contributed by atoms with E-state index in [-0.39, 0.29) is 17.4 Å². The van der Waals surface area contributed by atoms with E-state index >= 15 is 0 Å². The lowest BCUT2D eigenvalue weighted by Crippen LogP contribution is -2.53. The molecule has 3 aromatic carbocycles. The number of amides is 1. The van der Waals surface area contributed by atoms with Gasteiger partial charge in [0.15, 0.2) is 0 Å². The minimum atomic E-state index is -0.259. The van der Waals surface area contributed by atoms with Crippen molar-refractivity contribution >= 4 is 54.4 Å². The Morgan fingerprint density at radius 3 is 2.14 bits per heavy atom. The van der Waals surface area contributed by atoms with E-state index in [9.17, 15) is 4.79 Å². The van der Waals surface area contributed by atoms with Crippen LogP contribution in [0.1, 0.15) is 67.8 Å². The Hall–Kier alpha value is -2.83. The summed E-state index contributed by atoms with van der Waals surface area (Å²) in [6, 6.07) is 25.2. The zero-order valence-corrected chi connectivity index (χ0v) is 26.9. The van der Waals surface area contributed by atoms with E-state index in [4.69, 9.17) is 10.1 Å². The van der Waals surface area contributed by atoms with Crippen LogP contribution in [-0.4, -0.2) is 21.6 Å². The van der Waals surface area contributed by atoms with E-state index in [0.29, 0.717) is 24.2 Å². The minimum absolute atomic E-state index is 0.130. The first kappa shape index (κ1) is 26.8. The molecule has 4 fully saturated rings. The molecule has 1 atom stereocenters. The maximum absolute atomic E-state index is 14.8. The van der Waals surface area contributed by atoms with Crippen molar-refractivity contribution in [2.75, 3.05) is 0 Å². The van der Waals surface area contributed by atoms with E-state index in [1.807, 2.05) is 11.1 Å². The second-order valence-corrected chi connectivity index (χ2v) is 15.0. The largest absolute Gasteiger partial charge is 0.272 e. The van der Waals surface area contributed by atoms with Crippen molar-refractivity contribution in [3.8, 4) is 11.1 Å². The lowest BCUT2D eigenvalue weighted by atomic mass is 9.49. The molecule has 1 aromatic heterocycles.